The number of pyridine rings is 2. The van der Waals surface area contributed by atoms with E-state index in [-0.39, 0.29) is 17.3 Å². The summed E-state index contributed by atoms with van der Waals surface area (Å²) < 4.78 is 33.5. The molecular formula is C27H29N5O4S2. The number of fused-ring (bicyclic) bond motifs is 1. The number of anilines is 1. The zero-order chi connectivity index (χ0) is 26.5. The Hall–Kier alpha value is -3.41. The number of rotatable bonds is 10. The standard InChI is InChI=1S/C27H29N5O4S2/c1-36-24-11-10-23-26(31-24)37-27(30-23)32-25(33)22(16-18-4-2-3-5-18)20-6-8-21(9-7-20)38(34,35)29-17-19-12-14-28-15-13-19/h6-15,18,22,29H,2-5,16-17H2,1H3,(H,30,32,33). The van der Waals surface area contributed by atoms with Crippen molar-refractivity contribution in [3.8, 4) is 5.88 Å². The smallest absolute Gasteiger partial charge is 0.240 e. The summed E-state index contributed by atoms with van der Waals surface area (Å²) in [5.41, 5.74) is 2.28. The maximum atomic E-state index is 13.5. The number of benzene rings is 1. The first-order valence-corrected chi connectivity index (χ1v) is 14.8. The second-order valence-electron chi connectivity index (χ2n) is 9.37. The summed E-state index contributed by atoms with van der Waals surface area (Å²) in [6, 6.07) is 13.7. The van der Waals surface area contributed by atoms with Gasteiger partial charge in [-0.05, 0) is 53.8 Å². The number of nitrogens with one attached hydrogen (secondary N) is 2. The highest BCUT2D eigenvalue weighted by Crippen LogP contribution is 2.36. The Bertz CT molecular complexity index is 1500. The van der Waals surface area contributed by atoms with Crippen molar-refractivity contribution in [1.29, 1.82) is 0 Å². The number of sulfonamides is 1. The molecule has 2 N–H and O–H groups in total. The van der Waals surface area contributed by atoms with E-state index in [9.17, 15) is 13.2 Å². The van der Waals surface area contributed by atoms with E-state index in [2.05, 4.69) is 25.0 Å². The monoisotopic (exact) mass is 551 g/mol. The summed E-state index contributed by atoms with van der Waals surface area (Å²) >= 11 is 1.29. The van der Waals surface area contributed by atoms with Crippen LogP contribution in [0.15, 0.2) is 65.8 Å². The van der Waals surface area contributed by atoms with Crippen LogP contribution in [0.5, 0.6) is 5.88 Å². The normalized spacial score (nSPS) is 15.0. The summed E-state index contributed by atoms with van der Waals surface area (Å²) in [5.74, 6) is 0.365. The highest BCUT2D eigenvalue weighted by molar-refractivity contribution is 7.89. The van der Waals surface area contributed by atoms with Crippen molar-refractivity contribution in [2.24, 2.45) is 5.92 Å². The molecule has 0 saturated heterocycles. The lowest BCUT2D eigenvalue weighted by Gasteiger charge is -2.20. The fraction of sp³-hybridized carbons (Fsp3) is 0.333. The van der Waals surface area contributed by atoms with E-state index in [1.807, 2.05) is 6.07 Å². The van der Waals surface area contributed by atoms with Crippen molar-refractivity contribution in [2.45, 2.75) is 49.5 Å². The van der Waals surface area contributed by atoms with Gasteiger partial charge in [-0.3, -0.25) is 9.78 Å². The topological polar surface area (TPSA) is 123 Å². The maximum absolute atomic E-state index is 13.5. The van der Waals surface area contributed by atoms with Crippen molar-refractivity contribution in [2.75, 3.05) is 12.4 Å². The lowest BCUT2D eigenvalue weighted by Crippen LogP contribution is -2.24. The van der Waals surface area contributed by atoms with Gasteiger partial charge in [0.2, 0.25) is 21.8 Å². The molecule has 3 heterocycles. The third-order valence-corrected chi connectivity index (χ3v) is 9.14. The average Bonchev–Trinajstić information content (AvgIpc) is 3.60. The molecule has 1 saturated carbocycles. The molecule has 1 aliphatic carbocycles. The van der Waals surface area contributed by atoms with Crippen LogP contribution in [0.2, 0.25) is 0 Å². The van der Waals surface area contributed by atoms with Crippen molar-refractivity contribution in [3.05, 3.63) is 72.1 Å². The number of hydrogen-bond donors (Lipinski definition) is 2. The fourth-order valence-electron chi connectivity index (χ4n) is 4.78. The Labute approximate surface area is 225 Å². The van der Waals surface area contributed by atoms with E-state index >= 15 is 0 Å². The van der Waals surface area contributed by atoms with Crippen LogP contribution in [0.25, 0.3) is 10.3 Å². The minimum atomic E-state index is -3.71. The van der Waals surface area contributed by atoms with Crippen molar-refractivity contribution < 1.29 is 17.9 Å². The zero-order valence-corrected chi connectivity index (χ0v) is 22.6. The molecule has 0 radical (unpaired) electrons. The second kappa shape index (κ2) is 11.5. The van der Waals surface area contributed by atoms with Gasteiger partial charge in [0, 0.05) is 25.0 Å². The van der Waals surface area contributed by atoms with Crippen molar-refractivity contribution in [1.82, 2.24) is 19.7 Å². The van der Waals surface area contributed by atoms with Crippen LogP contribution in [0.4, 0.5) is 5.13 Å². The van der Waals surface area contributed by atoms with Crippen molar-refractivity contribution >= 4 is 42.7 Å². The second-order valence-corrected chi connectivity index (χ2v) is 12.1. The number of amides is 1. The number of aromatic nitrogens is 3. The minimum Gasteiger partial charge on any atom is -0.481 e. The van der Waals surface area contributed by atoms with Crippen LogP contribution in [-0.2, 0) is 21.4 Å². The van der Waals surface area contributed by atoms with Crippen LogP contribution in [0.1, 0.15) is 49.1 Å². The van der Waals surface area contributed by atoms with E-state index in [1.54, 1.807) is 62.0 Å². The molecule has 0 spiro atoms. The molecule has 5 rings (SSSR count). The molecule has 38 heavy (non-hydrogen) atoms. The lowest BCUT2D eigenvalue weighted by molar-refractivity contribution is -0.118. The molecular weight excluding hydrogens is 522 g/mol. The quantitative estimate of drug-likeness (QED) is 0.288. The van der Waals surface area contributed by atoms with Gasteiger partial charge >= 0.3 is 0 Å². The summed E-state index contributed by atoms with van der Waals surface area (Å²) in [6.45, 7) is 0.169. The molecule has 198 valence electrons. The Balaban J connectivity index is 1.34. The first-order chi connectivity index (χ1) is 18.4. The van der Waals surface area contributed by atoms with Gasteiger partial charge in [0.15, 0.2) is 5.13 Å². The molecule has 0 bridgehead atoms. The molecule has 3 aromatic heterocycles. The SMILES string of the molecule is COc1ccc2nc(NC(=O)C(CC3CCCC3)c3ccc(S(=O)(=O)NCc4ccncc4)cc3)sc2n1. The number of methoxy groups -OCH3 is 1. The minimum absolute atomic E-state index is 0.154. The van der Waals surface area contributed by atoms with Crippen LogP contribution in [0.3, 0.4) is 0 Å². The summed E-state index contributed by atoms with van der Waals surface area (Å²) in [5, 5.41) is 3.45. The Morgan fingerprint density at radius 3 is 2.50 bits per heavy atom. The van der Waals surface area contributed by atoms with Gasteiger partial charge in [-0.15, -0.1) is 0 Å². The molecule has 1 atom stereocenters. The first kappa shape index (κ1) is 26.2. The number of nitrogens with zero attached hydrogens (tertiary/aromatic N) is 3. The Morgan fingerprint density at radius 2 is 1.79 bits per heavy atom. The molecule has 0 aliphatic heterocycles. The highest BCUT2D eigenvalue weighted by atomic mass is 32.2. The molecule has 4 aromatic rings. The lowest BCUT2D eigenvalue weighted by atomic mass is 9.87. The van der Waals surface area contributed by atoms with Crippen molar-refractivity contribution in [3.63, 3.8) is 0 Å². The predicted molar refractivity (Wildman–Crippen MR) is 147 cm³/mol. The van der Waals surface area contributed by atoms with E-state index in [0.29, 0.717) is 33.7 Å². The van der Waals surface area contributed by atoms with Gasteiger partial charge in [-0.1, -0.05) is 49.2 Å². The van der Waals surface area contributed by atoms with E-state index in [1.165, 1.54) is 24.2 Å². The van der Waals surface area contributed by atoms with E-state index in [4.69, 9.17) is 4.74 Å². The number of carbonyl (C=O) groups excluding carboxylic acids is 1. The van der Waals surface area contributed by atoms with Crippen LogP contribution in [-0.4, -0.2) is 36.4 Å². The third-order valence-electron chi connectivity index (χ3n) is 6.84. The predicted octanol–water partition coefficient (Wildman–Crippen LogP) is 4.88. The number of carbonyl (C=O) groups is 1. The van der Waals surface area contributed by atoms with Gasteiger partial charge in [0.05, 0.1) is 17.9 Å². The van der Waals surface area contributed by atoms with Crippen LogP contribution in [0, 0.1) is 5.92 Å². The number of thiazole rings is 1. The zero-order valence-electron chi connectivity index (χ0n) is 21.0. The summed E-state index contributed by atoms with van der Waals surface area (Å²) in [7, 11) is -2.15. The molecule has 1 aromatic carbocycles. The summed E-state index contributed by atoms with van der Waals surface area (Å²) in [6.07, 6.45) is 8.48. The molecule has 1 amide bonds. The highest BCUT2D eigenvalue weighted by Gasteiger charge is 2.28. The molecule has 9 nitrogen and oxygen atoms in total. The number of hydrogen-bond acceptors (Lipinski definition) is 8. The Morgan fingerprint density at radius 1 is 1.05 bits per heavy atom. The first-order valence-electron chi connectivity index (χ1n) is 12.5. The number of ether oxygens (including phenoxy) is 1. The largest absolute Gasteiger partial charge is 0.481 e. The Kier molecular flexibility index (Phi) is 7.96. The third kappa shape index (κ3) is 6.17. The van der Waals surface area contributed by atoms with Gasteiger partial charge in [-0.25, -0.2) is 23.1 Å². The fourth-order valence-corrected chi connectivity index (χ4v) is 6.63. The van der Waals surface area contributed by atoms with E-state index in [0.717, 1.165) is 24.0 Å². The summed E-state index contributed by atoms with van der Waals surface area (Å²) in [4.78, 5) is 27.2. The molecule has 1 unspecified atom stereocenters. The average molecular weight is 552 g/mol. The van der Waals surface area contributed by atoms with E-state index < -0.39 is 15.9 Å². The maximum Gasteiger partial charge on any atom is 0.240 e. The van der Waals surface area contributed by atoms with Crippen LogP contribution < -0.4 is 14.8 Å². The molecule has 1 aliphatic rings. The van der Waals surface area contributed by atoms with Gasteiger partial charge in [-0.2, -0.15) is 0 Å². The van der Waals surface area contributed by atoms with Gasteiger partial charge in [0.25, 0.3) is 0 Å². The van der Waals surface area contributed by atoms with Crippen LogP contribution >= 0.6 is 11.3 Å². The molecule has 11 heteroatoms. The van der Waals surface area contributed by atoms with Gasteiger partial charge in [0.1, 0.15) is 10.3 Å². The molecule has 1 fully saturated rings. The van der Waals surface area contributed by atoms with Gasteiger partial charge < -0.3 is 10.1 Å².